The highest BCUT2D eigenvalue weighted by atomic mass is 32.1. The zero-order valence-corrected chi connectivity index (χ0v) is 15.3. The van der Waals surface area contributed by atoms with Gasteiger partial charge in [-0.3, -0.25) is 0 Å². The summed E-state index contributed by atoms with van der Waals surface area (Å²) in [6, 6.07) is 9.89. The summed E-state index contributed by atoms with van der Waals surface area (Å²) in [6.45, 7) is 1.31. The quantitative estimate of drug-likeness (QED) is 0.811. The fourth-order valence-electron chi connectivity index (χ4n) is 3.26. The molecule has 2 N–H and O–H groups in total. The van der Waals surface area contributed by atoms with E-state index in [1.165, 1.54) is 0 Å². The van der Waals surface area contributed by atoms with Gasteiger partial charge >= 0.3 is 6.03 Å². The smallest absolute Gasteiger partial charge is 0.335 e. The number of ether oxygens (including phenoxy) is 1. The molecule has 6 nitrogen and oxygen atoms in total. The van der Waals surface area contributed by atoms with Gasteiger partial charge in [-0.05, 0) is 32.1 Å². The van der Waals surface area contributed by atoms with Crippen LogP contribution >= 0.6 is 11.3 Å². The number of benzene rings is 1. The van der Waals surface area contributed by atoms with Crippen molar-refractivity contribution in [2.75, 3.05) is 13.2 Å². The summed E-state index contributed by atoms with van der Waals surface area (Å²) < 4.78 is 5.50. The number of nitrogens with one attached hydrogen (secondary N) is 2. The highest BCUT2D eigenvalue weighted by molar-refractivity contribution is 7.17. The second-order valence-corrected chi connectivity index (χ2v) is 7.53. The molecule has 0 spiro atoms. The second-order valence-electron chi connectivity index (χ2n) is 6.53. The maximum Gasteiger partial charge on any atom is 0.335 e. The normalized spacial score (nSPS) is 20.8. The molecule has 1 aromatic heterocycles. The van der Waals surface area contributed by atoms with E-state index in [9.17, 15) is 4.79 Å². The summed E-state index contributed by atoms with van der Waals surface area (Å²) in [5.74, 6) is 0. The van der Waals surface area contributed by atoms with Gasteiger partial charge in [-0.15, -0.1) is 11.3 Å². The fraction of sp³-hybridized carbons (Fsp3) is 0.421. The van der Waals surface area contributed by atoms with Crippen LogP contribution in [0, 0.1) is 0 Å². The van der Waals surface area contributed by atoms with Gasteiger partial charge in [0.25, 0.3) is 0 Å². The molecular formula is C19H22N4O2S. The largest absolute Gasteiger partial charge is 0.376 e. The van der Waals surface area contributed by atoms with Crippen molar-refractivity contribution in [1.82, 2.24) is 15.7 Å². The third-order valence-corrected chi connectivity index (χ3v) is 5.81. The number of hydrogen-bond donors (Lipinski definition) is 2. The SMILES string of the molecule is O=C(NCC1CCCO1)NN=C1CCCc2nc(-c3ccccc3)sc21. The number of nitrogens with zero attached hydrogens (tertiary/aromatic N) is 2. The topological polar surface area (TPSA) is 75.6 Å². The molecule has 1 aliphatic carbocycles. The zero-order chi connectivity index (χ0) is 17.8. The number of hydrazone groups is 1. The van der Waals surface area contributed by atoms with E-state index >= 15 is 0 Å². The third kappa shape index (κ3) is 3.94. The molecule has 1 unspecified atom stereocenters. The number of thiazole rings is 1. The van der Waals surface area contributed by atoms with Crippen LogP contribution in [0.15, 0.2) is 35.4 Å². The van der Waals surface area contributed by atoms with Crippen LogP contribution in [0.2, 0.25) is 0 Å². The first kappa shape index (κ1) is 17.2. The molecule has 2 heterocycles. The number of carbonyl (C=O) groups excluding carboxylic acids is 1. The number of rotatable bonds is 4. The predicted octanol–water partition coefficient (Wildman–Crippen LogP) is 3.33. The highest BCUT2D eigenvalue weighted by Crippen LogP contribution is 2.32. The Bertz CT molecular complexity index is 797. The van der Waals surface area contributed by atoms with Gasteiger partial charge in [0.15, 0.2) is 0 Å². The Morgan fingerprint density at radius 1 is 1.27 bits per heavy atom. The van der Waals surface area contributed by atoms with E-state index in [-0.39, 0.29) is 12.1 Å². The van der Waals surface area contributed by atoms with Crippen LogP contribution < -0.4 is 10.7 Å². The Morgan fingerprint density at radius 3 is 2.96 bits per heavy atom. The Labute approximate surface area is 156 Å². The monoisotopic (exact) mass is 370 g/mol. The van der Waals surface area contributed by atoms with Crippen molar-refractivity contribution in [2.24, 2.45) is 5.10 Å². The van der Waals surface area contributed by atoms with Gasteiger partial charge in [-0.25, -0.2) is 15.2 Å². The van der Waals surface area contributed by atoms with Crippen LogP contribution in [0.5, 0.6) is 0 Å². The molecule has 26 heavy (non-hydrogen) atoms. The Balaban J connectivity index is 1.42. The van der Waals surface area contributed by atoms with Gasteiger partial charge in [-0.1, -0.05) is 30.3 Å². The maximum atomic E-state index is 12.0. The molecule has 0 bridgehead atoms. The molecule has 1 fully saturated rings. The van der Waals surface area contributed by atoms with Crippen molar-refractivity contribution < 1.29 is 9.53 Å². The van der Waals surface area contributed by atoms with E-state index in [0.717, 1.165) is 65.6 Å². The Morgan fingerprint density at radius 2 is 2.15 bits per heavy atom. The molecule has 2 aliphatic rings. The van der Waals surface area contributed by atoms with Crippen LogP contribution in [-0.2, 0) is 11.2 Å². The van der Waals surface area contributed by atoms with E-state index in [2.05, 4.69) is 28.0 Å². The second kappa shape index (κ2) is 7.97. The maximum absolute atomic E-state index is 12.0. The number of aryl methyl sites for hydroxylation is 1. The molecule has 4 rings (SSSR count). The summed E-state index contributed by atoms with van der Waals surface area (Å²) >= 11 is 1.65. The molecule has 0 radical (unpaired) electrons. The molecule has 1 aliphatic heterocycles. The summed E-state index contributed by atoms with van der Waals surface area (Å²) in [6.07, 6.45) is 5.01. The van der Waals surface area contributed by atoms with E-state index in [1.807, 2.05) is 18.2 Å². The minimum absolute atomic E-state index is 0.129. The average Bonchev–Trinajstić information content (AvgIpc) is 3.35. The molecule has 1 atom stereocenters. The van der Waals surface area contributed by atoms with Gasteiger partial charge in [0.1, 0.15) is 5.01 Å². The molecule has 0 saturated carbocycles. The van der Waals surface area contributed by atoms with E-state index in [0.29, 0.717) is 6.54 Å². The Kier molecular flexibility index (Phi) is 5.26. The molecule has 2 amide bonds. The average molecular weight is 370 g/mol. The molecule has 7 heteroatoms. The lowest BCUT2D eigenvalue weighted by Crippen LogP contribution is -2.38. The lowest BCUT2D eigenvalue weighted by Gasteiger charge is -2.13. The number of aromatic nitrogens is 1. The zero-order valence-electron chi connectivity index (χ0n) is 14.5. The van der Waals surface area contributed by atoms with Crippen molar-refractivity contribution >= 4 is 23.1 Å². The molecule has 136 valence electrons. The number of hydrogen-bond acceptors (Lipinski definition) is 5. The van der Waals surface area contributed by atoms with Gasteiger partial charge in [0.2, 0.25) is 0 Å². The summed E-state index contributed by atoms with van der Waals surface area (Å²) in [5.41, 5.74) is 5.75. The predicted molar refractivity (Wildman–Crippen MR) is 103 cm³/mol. The highest BCUT2D eigenvalue weighted by Gasteiger charge is 2.22. The minimum atomic E-state index is -0.284. The van der Waals surface area contributed by atoms with Crippen molar-refractivity contribution in [3.05, 3.63) is 40.9 Å². The lowest BCUT2D eigenvalue weighted by molar-refractivity contribution is 0.111. The number of carbonyl (C=O) groups is 1. The number of fused-ring (bicyclic) bond motifs is 1. The van der Waals surface area contributed by atoms with Crippen molar-refractivity contribution in [3.8, 4) is 10.6 Å². The Hall–Kier alpha value is -2.25. The summed E-state index contributed by atoms with van der Waals surface area (Å²) in [7, 11) is 0. The lowest BCUT2D eigenvalue weighted by atomic mass is 10.0. The van der Waals surface area contributed by atoms with Crippen LogP contribution in [-0.4, -0.2) is 36.0 Å². The van der Waals surface area contributed by atoms with Crippen molar-refractivity contribution in [2.45, 2.75) is 38.2 Å². The minimum Gasteiger partial charge on any atom is -0.376 e. The van der Waals surface area contributed by atoms with Gasteiger partial charge in [0.05, 0.1) is 22.4 Å². The summed E-state index contributed by atoms with van der Waals surface area (Å²) in [4.78, 5) is 17.9. The first-order valence-corrected chi connectivity index (χ1v) is 9.89. The fourth-order valence-corrected chi connectivity index (χ4v) is 4.40. The van der Waals surface area contributed by atoms with E-state index in [4.69, 9.17) is 9.72 Å². The molecule has 1 aromatic carbocycles. The van der Waals surface area contributed by atoms with Crippen molar-refractivity contribution in [3.63, 3.8) is 0 Å². The van der Waals surface area contributed by atoms with E-state index in [1.54, 1.807) is 11.3 Å². The van der Waals surface area contributed by atoms with Gasteiger partial charge in [0, 0.05) is 18.7 Å². The van der Waals surface area contributed by atoms with Gasteiger partial charge in [-0.2, -0.15) is 5.10 Å². The molecular weight excluding hydrogens is 348 g/mol. The van der Waals surface area contributed by atoms with Gasteiger partial charge < -0.3 is 10.1 Å². The van der Waals surface area contributed by atoms with Crippen molar-refractivity contribution in [1.29, 1.82) is 0 Å². The standard InChI is InChI=1S/C19H22N4O2S/c24-19(20-12-14-8-5-11-25-14)23-22-16-10-4-9-15-17(16)26-18(21-15)13-6-2-1-3-7-13/h1-3,6-7,14H,4-5,8-12H2,(H2,20,23,24). The molecule has 2 aromatic rings. The summed E-state index contributed by atoms with van der Waals surface area (Å²) in [5, 5.41) is 8.19. The van der Waals surface area contributed by atoms with Crippen LogP contribution in [0.3, 0.4) is 0 Å². The number of urea groups is 1. The first-order chi connectivity index (χ1) is 12.8. The first-order valence-electron chi connectivity index (χ1n) is 9.07. The molecule has 1 saturated heterocycles. The third-order valence-electron chi connectivity index (χ3n) is 4.61. The van der Waals surface area contributed by atoms with Crippen LogP contribution in [0.1, 0.15) is 36.3 Å². The van der Waals surface area contributed by atoms with E-state index < -0.39 is 0 Å². The number of amides is 2. The van der Waals surface area contributed by atoms with Crippen LogP contribution in [0.25, 0.3) is 10.6 Å². The van der Waals surface area contributed by atoms with Crippen LogP contribution in [0.4, 0.5) is 4.79 Å².